The number of hydrogen-bond acceptors (Lipinski definition) is 1. The summed E-state index contributed by atoms with van der Waals surface area (Å²) in [5.74, 6) is -3.76. The van der Waals surface area contributed by atoms with Gasteiger partial charge < -0.3 is 5.32 Å². The quantitative estimate of drug-likeness (QED) is 0.896. The average Bonchev–Trinajstić information content (AvgIpc) is 2.46. The van der Waals surface area contributed by atoms with Crippen molar-refractivity contribution in [2.75, 3.05) is 0 Å². The molecule has 1 unspecified atom stereocenters. The highest BCUT2D eigenvalue weighted by molar-refractivity contribution is 6.30. The molecular weight excluding hydrogens is 296 g/mol. The number of benzene rings is 2. The van der Waals surface area contributed by atoms with Gasteiger partial charge in [0.25, 0.3) is 5.92 Å². The summed E-state index contributed by atoms with van der Waals surface area (Å²) in [7, 11) is 0. The Balaban J connectivity index is 2.44. The summed E-state index contributed by atoms with van der Waals surface area (Å²) in [5.41, 5.74) is 0.141. The first-order valence-electron chi connectivity index (χ1n) is 6.37. The molecule has 1 N–H and O–H groups in total. The molecule has 0 bridgehead atoms. The minimum Gasteiger partial charge on any atom is -0.343 e. The third kappa shape index (κ3) is 3.58. The van der Waals surface area contributed by atoms with E-state index in [0.29, 0.717) is 10.6 Å². The van der Waals surface area contributed by atoms with Crippen molar-refractivity contribution in [2.45, 2.75) is 18.9 Å². The van der Waals surface area contributed by atoms with Gasteiger partial charge in [0.15, 0.2) is 0 Å². The Hall–Kier alpha value is -1.94. The van der Waals surface area contributed by atoms with Crippen molar-refractivity contribution in [3.05, 3.63) is 70.7 Å². The minimum atomic E-state index is -3.24. The van der Waals surface area contributed by atoms with Gasteiger partial charge in [-0.1, -0.05) is 54.1 Å². The maximum atomic E-state index is 14.7. The molecule has 21 heavy (non-hydrogen) atoms. The van der Waals surface area contributed by atoms with Crippen LogP contribution in [-0.2, 0) is 10.7 Å². The molecule has 0 radical (unpaired) electrons. The molecule has 2 aromatic rings. The normalized spacial score (nSPS) is 12.8. The van der Waals surface area contributed by atoms with Gasteiger partial charge in [0.1, 0.15) is 6.04 Å². The highest BCUT2D eigenvalue weighted by Crippen LogP contribution is 2.40. The summed E-state index contributed by atoms with van der Waals surface area (Å²) >= 11 is 5.78. The van der Waals surface area contributed by atoms with Crippen LogP contribution >= 0.6 is 11.6 Å². The fourth-order valence-corrected chi connectivity index (χ4v) is 2.19. The number of carbonyl (C=O) groups is 1. The first-order chi connectivity index (χ1) is 9.91. The van der Waals surface area contributed by atoms with Crippen molar-refractivity contribution in [1.29, 1.82) is 0 Å². The van der Waals surface area contributed by atoms with E-state index >= 15 is 0 Å². The average molecular weight is 310 g/mol. The summed E-state index contributed by atoms with van der Waals surface area (Å²) in [6.07, 6.45) is 0. The van der Waals surface area contributed by atoms with Crippen LogP contribution in [0.5, 0.6) is 0 Å². The Morgan fingerprint density at radius 1 is 1.10 bits per heavy atom. The molecule has 2 aromatic carbocycles. The zero-order chi connectivity index (χ0) is 15.5. The van der Waals surface area contributed by atoms with Gasteiger partial charge in [0.2, 0.25) is 5.91 Å². The van der Waals surface area contributed by atoms with E-state index in [-0.39, 0.29) is 5.56 Å². The van der Waals surface area contributed by atoms with E-state index in [9.17, 15) is 13.6 Å². The number of nitrogens with one attached hydrogen (secondary N) is 1. The zero-order valence-corrected chi connectivity index (χ0v) is 12.1. The third-order valence-corrected chi connectivity index (χ3v) is 3.32. The first-order valence-corrected chi connectivity index (χ1v) is 6.75. The molecule has 0 aliphatic carbocycles. The Kier molecular flexibility index (Phi) is 4.58. The van der Waals surface area contributed by atoms with Crippen LogP contribution in [-0.4, -0.2) is 5.91 Å². The lowest BCUT2D eigenvalue weighted by molar-refractivity contribution is -0.124. The fourth-order valence-electron chi connectivity index (χ4n) is 2.07. The molecule has 5 heteroatoms. The number of carbonyl (C=O) groups excluding carboxylic acids is 1. The van der Waals surface area contributed by atoms with Crippen LogP contribution < -0.4 is 5.32 Å². The van der Waals surface area contributed by atoms with E-state index in [2.05, 4.69) is 5.32 Å². The van der Waals surface area contributed by atoms with Crippen molar-refractivity contribution < 1.29 is 13.6 Å². The second-order valence-corrected chi connectivity index (χ2v) is 5.11. The molecule has 0 aliphatic heterocycles. The van der Waals surface area contributed by atoms with Crippen LogP contribution in [0.15, 0.2) is 54.6 Å². The van der Waals surface area contributed by atoms with E-state index in [1.165, 1.54) is 55.5 Å². The van der Waals surface area contributed by atoms with Gasteiger partial charge in [0, 0.05) is 17.5 Å². The van der Waals surface area contributed by atoms with Gasteiger partial charge in [-0.15, -0.1) is 0 Å². The van der Waals surface area contributed by atoms with E-state index in [1.54, 1.807) is 6.07 Å². The van der Waals surface area contributed by atoms with Crippen molar-refractivity contribution in [3.8, 4) is 0 Å². The Morgan fingerprint density at radius 2 is 1.67 bits per heavy atom. The fraction of sp³-hybridized carbons (Fsp3) is 0.188. The third-order valence-electron chi connectivity index (χ3n) is 3.07. The Bertz CT molecular complexity index is 614. The largest absolute Gasteiger partial charge is 0.343 e. The minimum absolute atomic E-state index is 0.154. The molecule has 2 nitrogen and oxygen atoms in total. The van der Waals surface area contributed by atoms with E-state index < -0.39 is 17.9 Å². The zero-order valence-electron chi connectivity index (χ0n) is 11.3. The van der Waals surface area contributed by atoms with Gasteiger partial charge in [-0.3, -0.25) is 4.79 Å². The summed E-state index contributed by atoms with van der Waals surface area (Å²) in [5, 5.41) is 2.77. The van der Waals surface area contributed by atoms with Gasteiger partial charge >= 0.3 is 0 Å². The predicted octanol–water partition coefficient (Wildman–Crippen LogP) is 4.31. The molecule has 0 saturated heterocycles. The van der Waals surface area contributed by atoms with Gasteiger partial charge in [-0.2, -0.15) is 8.78 Å². The maximum Gasteiger partial charge on any atom is 0.297 e. The van der Waals surface area contributed by atoms with E-state index in [0.717, 1.165) is 0 Å². The molecule has 0 aromatic heterocycles. The molecule has 1 amide bonds. The number of amides is 1. The monoisotopic (exact) mass is 309 g/mol. The molecule has 0 fully saturated rings. The lowest BCUT2D eigenvalue weighted by atomic mass is 9.94. The smallest absolute Gasteiger partial charge is 0.297 e. The molecule has 0 heterocycles. The molecule has 2 rings (SSSR count). The van der Waals surface area contributed by atoms with Gasteiger partial charge in [-0.05, 0) is 17.7 Å². The summed E-state index contributed by atoms with van der Waals surface area (Å²) in [6, 6.07) is 12.0. The van der Waals surface area contributed by atoms with Crippen molar-refractivity contribution in [1.82, 2.24) is 5.32 Å². The van der Waals surface area contributed by atoms with E-state index in [1.807, 2.05) is 0 Å². The SMILES string of the molecule is CC(=O)NC(c1ccc(Cl)cc1)C(F)(F)c1ccccc1. The summed E-state index contributed by atoms with van der Waals surface area (Å²) in [6.45, 7) is 1.21. The molecule has 0 saturated carbocycles. The first kappa shape index (κ1) is 15.4. The topological polar surface area (TPSA) is 29.1 Å². The standard InChI is InChI=1S/C16H14ClF2NO/c1-11(21)20-15(12-7-9-14(17)10-8-12)16(18,19)13-5-3-2-4-6-13/h2-10,15H,1H3,(H,20,21). The number of rotatable bonds is 4. The van der Waals surface area contributed by atoms with Crippen LogP contribution in [0, 0.1) is 0 Å². The van der Waals surface area contributed by atoms with Gasteiger partial charge in [-0.25, -0.2) is 0 Å². The molecule has 1 atom stereocenters. The number of halogens is 3. The number of hydrogen-bond donors (Lipinski definition) is 1. The molecule has 0 aliphatic rings. The van der Waals surface area contributed by atoms with Crippen LogP contribution in [0.25, 0.3) is 0 Å². The van der Waals surface area contributed by atoms with Crippen molar-refractivity contribution in [3.63, 3.8) is 0 Å². The lowest BCUT2D eigenvalue weighted by Gasteiger charge is -2.28. The highest BCUT2D eigenvalue weighted by Gasteiger charge is 2.42. The van der Waals surface area contributed by atoms with Crippen LogP contribution in [0.4, 0.5) is 8.78 Å². The van der Waals surface area contributed by atoms with Crippen LogP contribution in [0.3, 0.4) is 0 Å². The van der Waals surface area contributed by atoms with Crippen LogP contribution in [0.2, 0.25) is 5.02 Å². The van der Waals surface area contributed by atoms with E-state index in [4.69, 9.17) is 11.6 Å². The lowest BCUT2D eigenvalue weighted by Crippen LogP contribution is -2.38. The number of alkyl halides is 2. The maximum absolute atomic E-state index is 14.7. The highest BCUT2D eigenvalue weighted by atomic mass is 35.5. The second kappa shape index (κ2) is 6.22. The predicted molar refractivity (Wildman–Crippen MR) is 78.3 cm³/mol. The summed E-state index contributed by atoms with van der Waals surface area (Å²) in [4.78, 5) is 11.3. The Labute approximate surface area is 126 Å². The summed E-state index contributed by atoms with van der Waals surface area (Å²) < 4.78 is 29.4. The Morgan fingerprint density at radius 3 is 2.19 bits per heavy atom. The molecule has 0 spiro atoms. The molecular formula is C16H14ClF2NO. The van der Waals surface area contributed by atoms with Gasteiger partial charge in [0.05, 0.1) is 0 Å². The molecule has 110 valence electrons. The van der Waals surface area contributed by atoms with Crippen molar-refractivity contribution in [2.24, 2.45) is 0 Å². The second-order valence-electron chi connectivity index (χ2n) is 4.67. The van der Waals surface area contributed by atoms with Crippen molar-refractivity contribution >= 4 is 17.5 Å². The van der Waals surface area contributed by atoms with Crippen LogP contribution in [0.1, 0.15) is 24.1 Å².